The van der Waals surface area contributed by atoms with Crippen LogP contribution in [0.4, 0.5) is 5.95 Å². The van der Waals surface area contributed by atoms with Gasteiger partial charge < -0.3 is 10.1 Å². The minimum absolute atomic E-state index is 0.263. The van der Waals surface area contributed by atoms with E-state index in [0.29, 0.717) is 11.8 Å². The van der Waals surface area contributed by atoms with Gasteiger partial charge in [-0.2, -0.15) is 4.98 Å². The van der Waals surface area contributed by atoms with Gasteiger partial charge in [0.1, 0.15) is 6.10 Å². The number of nitrogens with one attached hydrogen (secondary N) is 1. The minimum Gasteiger partial charge on any atom is -0.473 e. The molecule has 19 heavy (non-hydrogen) atoms. The second-order valence-electron chi connectivity index (χ2n) is 5.53. The number of ether oxygens (including phenoxy) is 1. The average molecular weight is 328 g/mol. The van der Waals surface area contributed by atoms with Gasteiger partial charge in [0.2, 0.25) is 11.8 Å². The monoisotopic (exact) mass is 327 g/mol. The summed E-state index contributed by atoms with van der Waals surface area (Å²) in [5, 5.41) is 3.11. The van der Waals surface area contributed by atoms with Gasteiger partial charge in [-0.1, -0.05) is 13.8 Å². The smallest absolute Gasteiger partial charge is 0.233 e. The van der Waals surface area contributed by atoms with Gasteiger partial charge in [0, 0.05) is 6.54 Å². The van der Waals surface area contributed by atoms with E-state index in [4.69, 9.17) is 4.74 Å². The predicted octanol–water partition coefficient (Wildman–Crippen LogP) is 3.87. The van der Waals surface area contributed by atoms with E-state index >= 15 is 0 Å². The topological polar surface area (TPSA) is 47.0 Å². The number of rotatable bonds is 4. The first-order chi connectivity index (χ1) is 9.08. The summed E-state index contributed by atoms with van der Waals surface area (Å²) in [5.74, 6) is 2.72. The number of nitrogens with zero attached hydrogens (tertiary/aromatic N) is 2. The Morgan fingerprint density at radius 2 is 2.00 bits per heavy atom. The molecule has 0 aliphatic heterocycles. The Bertz CT molecular complexity index is 417. The average Bonchev–Trinajstić information content (AvgIpc) is 2.32. The summed E-state index contributed by atoms with van der Waals surface area (Å²) in [7, 11) is 0. The molecule has 0 bridgehead atoms. The molecule has 2 atom stereocenters. The van der Waals surface area contributed by atoms with Crippen LogP contribution in [0.3, 0.4) is 0 Å². The molecular weight excluding hydrogens is 306 g/mol. The molecule has 106 valence electrons. The number of hydrogen-bond acceptors (Lipinski definition) is 4. The van der Waals surface area contributed by atoms with Crippen LogP contribution in [-0.2, 0) is 0 Å². The number of anilines is 1. The lowest BCUT2D eigenvalue weighted by molar-refractivity contribution is 0.0959. The summed E-state index contributed by atoms with van der Waals surface area (Å²) in [6, 6.07) is 0. The van der Waals surface area contributed by atoms with E-state index in [1.54, 1.807) is 6.20 Å². The first-order valence-corrected chi connectivity index (χ1v) is 7.80. The Morgan fingerprint density at radius 3 is 2.63 bits per heavy atom. The zero-order chi connectivity index (χ0) is 13.8. The fourth-order valence-corrected chi connectivity index (χ4v) is 3.09. The molecule has 1 aliphatic rings. The lowest BCUT2D eigenvalue weighted by atomic mass is 9.82. The van der Waals surface area contributed by atoms with E-state index in [0.717, 1.165) is 35.7 Å². The maximum absolute atomic E-state index is 6.08. The third-order valence-corrected chi connectivity index (χ3v) is 4.00. The van der Waals surface area contributed by atoms with Crippen molar-refractivity contribution < 1.29 is 4.74 Å². The third kappa shape index (κ3) is 4.06. The Hall–Kier alpha value is -0.840. The molecule has 4 nitrogen and oxygen atoms in total. The highest BCUT2D eigenvalue weighted by Gasteiger charge is 2.26. The zero-order valence-electron chi connectivity index (χ0n) is 11.8. The van der Waals surface area contributed by atoms with Gasteiger partial charge in [0.25, 0.3) is 0 Å². The van der Waals surface area contributed by atoms with Crippen molar-refractivity contribution in [2.75, 3.05) is 11.9 Å². The van der Waals surface area contributed by atoms with Crippen molar-refractivity contribution in [2.24, 2.45) is 11.8 Å². The largest absolute Gasteiger partial charge is 0.473 e. The van der Waals surface area contributed by atoms with E-state index in [2.05, 4.69) is 45.1 Å². The fourth-order valence-electron chi connectivity index (χ4n) is 2.80. The lowest BCUT2D eigenvalue weighted by Crippen LogP contribution is -2.29. The summed E-state index contributed by atoms with van der Waals surface area (Å²) < 4.78 is 6.90. The van der Waals surface area contributed by atoms with E-state index in [9.17, 15) is 0 Å². The molecule has 1 heterocycles. The fraction of sp³-hybridized carbons (Fsp3) is 0.714. The second kappa shape index (κ2) is 6.55. The van der Waals surface area contributed by atoms with Crippen LogP contribution < -0.4 is 10.1 Å². The molecule has 1 saturated carbocycles. The highest BCUT2D eigenvalue weighted by atomic mass is 79.9. The van der Waals surface area contributed by atoms with E-state index in [1.807, 2.05) is 6.92 Å². The van der Waals surface area contributed by atoms with Gasteiger partial charge in [-0.3, -0.25) is 0 Å². The maximum atomic E-state index is 6.08. The lowest BCUT2D eigenvalue weighted by Gasteiger charge is -2.31. The van der Waals surface area contributed by atoms with Crippen LogP contribution in [0, 0.1) is 11.8 Å². The molecule has 1 N–H and O–H groups in total. The maximum Gasteiger partial charge on any atom is 0.233 e. The van der Waals surface area contributed by atoms with Gasteiger partial charge in [-0.15, -0.1) is 0 Å². The van der Waals surface area contributed by atoms with Crippen molar-refractivity contribution in [1.82, 2.24) is 9.97 Å². The van der Waals surface area contributed by atoms with Gasteiger partial charge in [0.05, 0.1) is 10.7 Å². The summed E-state index contributed by atoms with van der Waals surface area (Å²) in [5.41, 5.74) is 0. The van der Waals surface area contributed by atoms with Gasteiger partial charge >= 0.3 is 0 Å². The molecule has 1 aliphatic carbocycles. The SMILES string of the molecule is CCNc1ncc(Br)c(OC2CC(C)CC(C)C2)n1. The number of hydrogen-bond donors (Lipinski definition) is 1. The van der Waals surface area contributed by atoms with Crippen molar-refractivity contribution in [1.29, 1.82) is 0 Å². The first kappa shape index (κ1) is 14.6. The molecule has 1 aromatic heterocycles. The molecule has 2 rings (SSSR count). The number of halogens is 1. The molecule has 0 radical (unpaired) electrons. The van der Waals surface area contributed by atoms with Crippen LogP contribution in [0.5, 0.6) is 5.88 Å². The van der Waals surface area contributed by atoms with Crippen molar-refractivity contribution in [3.8, 4) is 5.88 Å². The van der Waals surface area contributed by atoms with Crippen molar-refractivity contribution in [3.63, 3.8) is 0 Å². The van der Waals surface area contributed by atoms with E-state index < -0.39 is 0 Å². The molecule has 0 amide bonds. The molecule has 1 fully saturated rings. The standard InChI is InChI=1S/C14H22BrN3O/c1-4-16-14-17-8-12(15)13(18-14)19-11-6-9(2)5-10(3)7-11/h8-11H,4-7H2,1-3H3,(H,16,17,18). The Labute approximate surface area is 123 Å². The second-order valence-corrected chi connectivity index (χ2v) is 6.39. The minimum atomic E-state index is 0.263. The zero-order valence-corrected chi connectivity index (χ0v) is 13.4. The molecule has 5 heteroatoms. The van der Waals surface area contributed by atoms with E-state index in [-0.39, 0.29) is 6.10 Å². The van der Waals surface area contributed by atoms with Crippen LogP contribution in [-0.4, -0.2) is 22.6 Å². The van der Waals surface area contributed by atoms with Gasteiger partial charge in [-0.05, 0) is 54.0 Å². The van der Waals surface area contributed by atoms with Gasteiger partial charge in [0.15, 0.2) is 0 Å². The van der Waals surface area contributed by atoms with Crippen LogP contribution in [0.25, 0.3) is 0 Å². The highest BCUT2D eigenvalue weighted by molar-refractivity contribution is 9.10. The molecule has 0 aromatic carbocycles. The Balaban J connectivity index is 2.07. The first-order valence-electron chi connectivity index (χ1n) is 7.01. The Kier molecular flexibility index (Phi) is 5.02. The van der Waals surface area contributed by atoms with E-state index in [1.165, 1.54) is 6.42 Å². The van der Waals surface area contributed by atoms with Crippen LogP contribution in [0.2, 0.25) is 0 Å². The summed E-state index contributed by atoms with van der Waals surface area (Å²) in [6.07, 6.45) is 5.53. The summed E-state index contributed by atoms with van der Waals surface area (Å²) >= 11 is 3.46. The third-order valence-electron chi connectivity index (χ3n) is 3.46. The van der Waals surface area contributed by atoms with Crippen molar-refractivity contribution in [3.05, 3.63) is 10.7 Å². The normalized spacial score (nSPS) is 27.1. The molecular formula is C14H22BrN3O. The van der Waals surface area contributed by atoms with Gasteiger partial charge in [-0.25, -0.2) is 4.98 Å². The molecule has 0 saturated heterocycles. The Morgan fingerprint density at radius 1 is 1.32 bits per heavy atom. The van der Waals surface area contributed by atoms with Crippen molar-refractivity contribution >= 4 is 21.9 Å². The summed E-state index contributed by atoms with van der Waals surface area (Å²) in [4.78, 5) is 8.62. The summed E-state index contributed by atoms with van der Waals surface area (Å²) in [6.45, 7) is 7.42. The number of aromatic nitrogens is 2. The highest BCUT2D eigenvalue weighted by Crippen LogP contribution is 2.32. The molecule has 1 aromatic rings. The van der Waals surface area contributed by atoms with Crippen LogP contribution in [0.1, 0.15) is 40.0 Å². The molecule has 0 spiro atoms. The van der Waals surface area contributed by atoms with Crippen LogP contribution in [0.15, 0.2) is 10.7 Å². The quantitative estimate of drug-likeness (QED) is 0.911. The predicted molar refractivity (Wildman–Crippen MR) is 80.5 cm³/mol. The van der Waals surface area contributed by atoms with Crippen LogP contribution >= 0.6 is 15.9 Å². The van der Waals surface area contributed by atoms with Crippen molar-refractivity contribution in [2.45, 2.75) is 46.1 Å². The molecule has 2 unspecified atom stereocenters.